The maximum atomic E-state index is 11.8. The number of rotatable bonds is 3. The van der Waals surface area contributed by atoms with Crippen molar-refractivity contribution in [2.24, 2.45) is 0 Å². The standard InChI is InChI=1S/C14H16N2O2/c1-9-4-5-12(10(2)6-9)8-15-14(17)13-7-11(3)16-18-13/h4-7H,8H2,1-3H3,(H,15,17). The molecule has 4 nitrogen and oxygen atoms in total. The summed E-state index contributed by atoms with van der Waals surface area (Å²) in [7, 11) is 0. The molecular weight excluding hydrogens is 228 g/mol. The first-order chi connectivity index (χ1) is 8.56. The van der Waals surface area contributed by atoms with Gasteiger partial charge < -0.3 is 9.84 Å². The van der Waals surface area contributed by atoms with E-state index < -0.39 is 0 Å². The van der Waals surface area contributed by atoms with Crippen LogP contribution in [-0.2, 0) is 6.54 Å². The highest BCUT2D eigenvalue weighted by Gasteiger charge is 2.11. The molecule has 0 unspecified atom stereocenters. The van der Waals surface area contributed by atoms with E-state index in [1.807, 2.05) is 26.0 Å². The Kier molecular flexibility index (Phi) is 3.46. The van der Waals surface area contributed by atoms with Gasteiger partial charge in [-0.1, -0.05) is 28.9 Å². The van der Waals surface area contributed by atoms with Crippen LogP contribution in [0.25, 0.3) is 0 Å². The molecule has 2 aromatic rings. The predicted octanol–water partition coefficient (Wildman–Crippen LogP) is 2.53. The second kappa shape index (κ2) is 5.04. The Morgan fingerprint density at radius 3 is 2.67 bits per heavy atom. The first kappa shape index (κ1) is 12.4. The lowest BCUT2D eigenvalue weighted by molar-refractivity contribution is 0.0914. The van der Waals surface area contributed by atoms with Gasteiger partial charge in [0.1, 0.15) is 0 Å². The fraction of sp³-hybridized carbons (Fsp3) is 0.286. The summed E-state index contributed by atoms with van der Waals surface area (Å²) < 4.78 is 4.90. The number of benzene rings is 1. The molecule has 0 aliphatic rings. The molecule has 1 N–H and O–H groups in total. The van der Waals surface area contributed by atoms with Crippen molar-refractivity contribution in [2.75, 3.05) is 0 Å². The van der Waals surface area contributed by atoms with Gasteiger partial charge >= 0.3 is 0 Å². The van der Waals surface area contributed by atoms with Crippen LogP contribution >= 0.6 is 0 Å². The number of carbonyl (C=O) groups excluding carboxylic acids is 1. The number of aromatic nitrogens is 1. The van der Waals surface area contributed by atoms with Crippen LogP contribution in [0.15, 0.2) is 28.8 Å². The van der Waals surface area contributed by atoms with Crippen LogP contribution in [0.2, 0.25) is 0 Å². The molecule has 94 valence electrons. The topological polar surface area (TPSA) is 55.1 Å². The molecule has 0 fully saturated rings. The molecule has 1 aromatic carbocycles. The predicted molar refractivity (Wildman–Crippen MR) is 68.3 cm³/mol. The van der Waals surface area contributed by atoms with E-state index in [4.69, 9.17) is 4.52 Å². The molecule has 1 heterocycles. The fourth-order valence-corrected chi connectivity index (χ4v) is 1.78. The average Bonchev–Trinajstić information content (AvgIpc) is 2.74. The minimum absolute atomic E-state index is 0.240. The van der Waals surface area contributed by atoms with E-state index in [0.29, 0.717) is 12.2 Å². The molecule has 0 saturated carbocycles. The number of nitrogens with one attached hydrogen (secondary N) is 1. The molecule has 4 heteroatoms. The number of amides is 1. The molecule has 0 spiro atoms. The zero-order valence-electron chi connectivity index (χ0n) is 10.8. The highest BCUT2D eigenvalue weighted by molar-refractivity contribution is 5.91. The number of hydrogen-bond acceptors (Lipinski definition) is 3. The molecule has 18 heavy (non-hydrogen) atoms. The summed E-state index contributed by atoms with van der Waals surface area (Å²) in [5.74, 6) is 0.00726. The molecule has 2 rings (SSSR count). The van der Waals surface area contributed by atoms with Gasteiger partial charge in [-0.25, -0.2) is 0 Å². The van der Waals surface area contributed by atoms with Crippen LogP contribution in [0, 0.1) is 20.8 Å². The SMILES string of the molecule is Cc1ccc(CNC(=O)c2cc(C)no2)c(C)c1. The van der Waals surface area contributed by atoms with E-state index in [1.165, 1.54) is 11.1 Å². The Morgan fingerprint density at radius 1 is 1.28 bits per heavy atom. The van der Waals surface area contributed by atoms with E-state index in [-0.39, 0.29) is 11.7 Å². The minimum Gasteiger partial charge on any atom is -0.351 e. The van der Waals surface area contributed by atoms with E-state index in [9.17, 15) is 4.79 Å². The normalized spacial score (nSPS) is 10.4. The van der Waals surface area contributed by atoms with Gasteiger partial charge in [-0.05, 0) is 31.9 Å². The lowest BCUT2D eigenvalue weighted by atomic mass is 10.1. The van der Waals surface area contributed by atoms with Gasteiger partial charge in [0, 0.05) is 12.6 Å². The average molecular weight is 244 g/mol. The second-order valence-corrected chi connectivity index (χ2v) is 4.45. The van der Waals surface area contributed by atoms with E-state index >= 15 is 0 Å². The van der Waals surface area contributed by atoms with Crippen LogP contribution in [0.5, 0.6) is 0 Å². The zero-order chi connectivity index (χ0) is 13.1. The Balaban J connectivity index is 2.01. The summed E-state index contributed by atoms with van der Waals surface area (Å²) in [5.41, 5.74) is 4.19. The van der Waals surface area contributed by atoms with Crippen LogP contribution < -0.4 is 5.32 Å². The van der Waals surface area contributed by atoms with Gasteiger partial charge in [0.25, 0.3) is 5.91 Å². The third kappa shape index (κ3) is 2.77. The Bertz CT molecular complexity index is 573. The summed E-state index contributed by atoms with van der Waals surface area (Å²) in [6.07, 6.45) is 0. The van der Waals surface area contributed by atoms with Crippen LogP contribution in [-0.4, -0.2) is 11.1 Å². The van der Waals surface area contributed by atoms with Crippen molar-refractivity contribution in [1.29, 1.82) is 0 Å². The van der Waals surface area contributed by atoms with E-state index in [1.54, 1.807) is 13.0 Å². The van der Waals surface area contributed by atoms with Crippen molar-refractivity contribution in [1.82, 2.24) is 10.5 Å². The third-order valence-electron chi connectivity index (χ3n) is 2.79. The van der Waals surface area contributed by atoms with E-state index in [2.05, 4.69) is 16.5 Å². The maximum Gasteiger partial charge on any atom is 0.290 e. The molecule has 0 aliphatic carbocycles. The lowest BCUT2D eigenvalue weighted by Crippen LogP contribution is -2.22. The first-order valence-electron chi connectivity index (χ1n) is 5.84. The Hall–Kier alpha value is -2.10. The van der Waals surface area contributed by atoms with Crippen molar-refractivity contribution < 1.29 is 9.32 Å². The largest absolute Gasteiger partial charge is 0.351 e. The van der Waals surface area contributed by atoms with Crippen molar-refractivity contribution in [3.05, 3.63) is 52.4 Å². The number of carbonyl (C=O) groups is 1. The van der Waals surface area contributed by atoms with Crippen LogP contribution in [0.4, 0.5) is 0 Å². The fourth-order valence-electron chi connectivity index (χ4n) is 1.78. The zero-order valence-corrected chi connectivity index (χ0v) is 10.8. The third-order valence-corrected chi connectivity index (χ3v) is 2.79. The van der Waals surface area contributed by atoms with Gasteiger partial charge in [-0.3, -0.25) is 4.79 Å². The van der Waals surface area contributed by atoms with Gasteiger partial charge in [0.2, 0.25) is 5.76 Å². The summed E-state index contributed by atoms with van der Waals surface area (Å²) in [6, 6.07) is 7.78. The quantitative estimate of drug-likeness (QED) is 0.902. The van der Waals surface area contributed by atoms with Crippen molar-refractivity contribution in [3.8, 4) is 0 Å². The second-order valence-electron chi connectivity index (χ2n) is 4.45. The first-order valence-corrected chi connectivity index (χ1v) is 5.84. The van der Waals surface area contributed by atoms with Crippen LogP contribution in [0.3, 0.4) is 0 Å². The smallest absolute Gasteiger partial charge is 0.290 e. The number of nitrogens with zero attached hydrogens (tertiary/aromatic N) is 1. The van der Waals surface area contributed by atoms with Crippen LogP contribution in [0.1, 0.15) is 32.9 Å². The highest BCUT2D eigenvalue weighted by atomic mass is 16.5. The van der Waals surface area contributed by atoms with Gasteiger partial charge in [-0.2, -0.15) is 0 Å². The molecule has 0 radical (unpaired) electrons. The number of hydrogen-bond donors (Lipinski definition) is 1. The Morgan fingerprint density at radius 2 is 2.06 bits per heavy atom. The highest BCUT2D eigenvalue weighted by Crippen LogP contribution is 2.10. The summed E-state index contributed by atoms with van der Waals surface area (Å²) in [6.45, 7) is 6.36. The maximum absolute atomic E-state index is 11.8. The van der Waals surface area contributed by atoms with Crippen molar-refractivity contribution >= 4 is 5.91 Å². The Labute approximate surface area is 106 Å². The van der Waals surface area contributed by atoms with Gasteiger partial charge in [0.05, 0.1) is 5.69 Å². The van der Waals surface area contributed by atoms with Crippen molar-refractivity contribution in [2.45, 2.75) is 27.3 Å². The molecule has 1 aromatic heterocycles. The molecule has 0 atom stereocenters. The summed E-state index contributed by atoms with van der Waals surface area (Å²) in [4.78, 5) is 11.8. The molecular formula is C14H16N2O2. The summed E-state index contributed by atoms with van der Waals surface area (Å²) in [5, 5.41) is 6.50. The molecule has 0 saturated heterocycles. The summed E-state index contributed by atoms with van der Waals surface area (Å²) >= 11 is 0. The molecule has 0 bridgehead atoms. The minimum atomic E-state index is -0.240. The van der Waals surface area contributed by atoms with Gasteiger partial charge in [0.15, 0.2) is 0 Å². The molecule has 1 amide bonds. The van der Waals surface area contributed by atoms with Crippen molar-refractivity contribution in [3.63, 3.8) is 0 Å². The van der Waals surface area contributed by atoms with E-state index in [0.717, 1.165) is 5.56 Å². The monoisotopic (exact) mass is 244 g/mol. The lowest BCUT2D eigenvalue weighted by Gasteiger charge is -2.07. The molecule has 0 aliphatic heterocycles. The van der Waals surface area contributed by atoms with Gasteiger partial charge in [-0.15, -0.1) is 0 Å². The number of aryl methyl sites for hydroxylation is 3.